The van der Waals surface area contributed by atoms with Crippen LogP contribution in [0.2, 0.25) is 0 Å². The third-order valence-electron chi connectivity index (χ3n) is 2.85. The highest BCUT2D eigenvalue weighted by atomic mass is 16.5. The number of hydrogen-bond acceptors (Lipinski definition) is 5. The Morgan fingerprint density at radius 3 is 3.05 bits per heavy atom. The van der Waals surface area contributed by atoms with Crippen LogP contribution in [0.25, 0.3) is 11.5 Å². The number of hydrogen-bond donors (Lipinski definition) is 2. The Balaban J connectivity index is 1.78. The third-order valence-corrected chi connectivity index (χ3v) is 2.85. The lowest BCUT2D eigenvalue weighted by atomic mass is 10.4. The van der Waals surface area contributed by atoms with Crippen molar-refractivity contribution in [2.75, 3.05) is 20.3 Å². The van der Waals surface area contributed by atoms with Gasteiger partial charge in [-0.15, -0.1) is 0 Å². The maximum atomic E-state index is 11.5. The molecule has 2 heterocycles. The molecule has 21 heavy (non-hydrogen) atoms. The largest absolute Gasteiger partial charge is 0.385 e. The highest BCUT2D eigenvalue weighted by molar-refractivity contribution is 5.73. The van der Waals surface area contributed by atoms with Gasteiger partial charge in [-0.3, -0.25) is 0 Å². The molecule has 0 aliphatic carbocycles. The zero-order valence-corrected chi connectivity index (χ0v) is 12.1. The van der Waals surface area contributed by atoms with Crippen molar-refractivity contribution < 1.29 is 14.1 Å². The fourth-order valence-corrected chi connectivity index (χ4v) is 1.76. The third kappa shape index (κ3) is 4.32. The number of amides is 2. The molecule has 0 saturated heterocycles. The second kappa shape index (κ2) is 7.44. The second-order valence-corrected chi connectivity index (χ2v) is 4.47. The fraction of sp³-hybridized carbons (Fsp3) is 0.462. The molecule has 2 amide bonds. The number of carbonyl (C=O) groups is 1. The minimum absolute atomic E-state index is 0.188. The summed E-state index contributed by atoms with van der Waals surface area (Å²) in [6.07, 6.45) is 2.67. The lowest BCUT2D eigenvalue weighted by Crippen LogP contribution is -2.35. The molecular weight excluding hydrogens is 274 g/mol. The molecule has 0 spiro atoms. The summed E-state index contributed by atoms with van der Waals surface area (Å²) in [6.45, 7) is 1.36. The molecule has 2 aromatic rings. The topological polar surface area (TPSA) is 94.2 Å². The monoisotopic (exact) mass is 293 g/mol. The Kier molecular flexibility index (Phi) is 5.33. The number of aryl methyl sites for hydroxylation is 1. The summed E-state index contributed by atoms with van der Waals surface area (Å²) in [6, 6.07) is 3.52. The van der Waals surface area contributed by atoms with Gasteiger partial charge in [0.15, 0.2) is 0 Å². The summed E-state index contributed by atoms with van der Waals surface area (Å²) in [5.41, 5.74) is 0.856. The van der Waals surface area contributed by atoms with Gasteiger partial charge in [0.2, 0.25) is 11.7 Å². The fourth-order valence-electron chi connectivity index (χ4n) is 1.76. The number of rotatable bonds is 7. The lowest BCUT2D eigenvalue weighted by molar-refractivity contribution is 0.193. The van der Waals surface area contributed by atoms with E-state index in [4.69, 9.17) is 9.26 Å². The lowest BCUT2D eigenvalue weighted by Gasteiger charge is -2.04. The number of methoxy groups -OCH3 is 1. The number of urea groups is 1. The predicted octanol–water partition coefficient (Wildman–Crippen LogP) is 0.911. The first-order valence-corrected chi connectivity index (χ1v) is 6.65. The van der Waals surface area contributed by atoms with Crippen LogP contribution in [0.4, 0.5) is 4.79 Å². The van der Waals surface area contributed by atoms with Crippen molar-refractivity contribution >= 4 is 6.03 Å². The van der Waals surface area contributed by atoms with E-state index in [0.29, 0.717) is 24.9 Å². The Morgan fingerprint density at radius 2 is 2.33 bits per heavy atom. The van der Waals surface area contributed by atoms with Crippen molar-refractivity contribution in [1.29, 1.82) is 0 Å². The molecule has 0 aliphatic rings. The summed E-state index contributed by atoms with van der Waals surface area (Å²) in [4.78, 5) is 15.7. The maximum absolute atomic E-state index is 11.5. The van der Waals surface area contributed by atoms with Gasteiger partial charge in [-0.2, -0.15) is 4.98 Å². The van der Waals surface area contributed by atoms with E-state index < -0.39 is 0 Å². The molecule has 2 aromatic heterocycles. The van der Waals surface area contributed by atoms with Gasteiger partial charge in [-0.05, 0) is 18.6 Å². The molecule has 0 radical (unpaired) electrons. The van der Waals surface area contributed by atoms with Gasteiger partial charge in [-0.25, -0.2) is 4.79 Å². The van der Waals surface area contributed by atoms with Crippen molar-refractivity contribution in [3.05, 3.63) is 24.2 Å². The quantitative estimate of drug-likeness (QED) is 0.740. The van der Waals surface area contributed by atoms with Gasteiger partial charge in [0, 0.05) is 33.5 Å². The Labute approximate surface area is 122 Å². The summed E-state index contributed by atoms with van der Waals surface area (Å²) >= 11 is 0. The van der Waals surface area contributed by atoms with Crippen LogP contribution in [0, 0.1) is 0 Å². The molecule has 0 saturated carbocycles. The van der Waals surface area contributed by atoms with Crippen LogP contribution in [0.3, 0.4) is 0 Å². The van der Waals surface area contributed by atoms with Gasteiger partial charge in [0.1, 0.15) is 0 Å². The SMILES string of the molecule is COCCCNC(=O)NCc1nc(-c2cccn2C)no1. The average molecular weight is 293 g/mol. The van der Waals surface area contributed by atoms with E-state index in [-0.39, 0.29) is 12.6 Å². The first-order chi connectivity index (χ1) is 10.2. The van der Waals surface area contributed by atoms with E-state index in [1.165, 1.54) is 0 Å². The van der Waals surface area contributed by atoms with Crippen LogP contribution in [0.1, 0.15) is 12.3 Å². The van der Waals surface area contributed by atoms with E-state index in [1.807, 2.05) is 29.9 Å². The van der Waals surface area contributed by atoms with E-state index in [2.05, 4.69) is 20.8 Å². The molecule has 8 heteroatoms. The van der Waals surface area contributed by atoms with Crippen LogP contribution in [0.5, 0.6) is 0 Å². The van der Waals surface area contributed by atoms with Gasteiger partial charge in [-0.1, -0.05) is 5.16 Å². The minimum Gasteiger partial charge on any atom is -0.385 e. The highest BCUT2D eigenvalue weighted by Crippen LogP contribution is 2.15. The molecule has 0 atom stereocenters. The van der Waals surface area contributed by atoms with Crippen LogP contribution in [-0.4, -0.2) is 41.0 Å². The molecule has 0 unspecified atom stereocenters. The number of nitrogens with zero attached hydrogens (tertiary/aromatic N) is 3. The number of aromatic nitrogens is 3. The van der Waals surface area contributed by atoms with E-state index in [0.717, 1.165) is 12.1 Å². The Hall–Kier alpha value is -2.35. The van der Waals surface area contributed by atoms with Crippen LogP contribution in [-0.2, 0) is 18.3 Å². The molecule has 0 aliphatic heterocycles. The van der Waals surface area contributed by atoms with E-state index in [1.54, 1.807) is 7.11 Å². The van der Waals surface area contributed by atoms with Gasteiger partial charge in [0.25, 0.3) is 0 Å². The van der Waals surface area contributed by atoms with Crippen molar-refractivity contribution in [3.63, 3.8) is 0 Å². The minimum atomic E-state index is -0.273. The smallest absolute Gasteiger partial charge is 0.315 e. The predicted molar refractivity (Wildman–Crippen MR) is 75.4 cm³/mol. The summed E-state index contributed by atoms with van der Waals surface area (Å²) in [5, 5.41) is 9.25. The zero-order chi connectivity index (χ0) is 15.1. The molecule has 2 rings (SSSR count). The van der Waals surface area contributed by atoms with Gasteiger partial charge >= 0.3 is 6.03 Å². The molecule has 114 valence electrons. The van der Waals surface area contributed by atoms with Gasteiger partial charge < -0.3 is 24.5 Å². The van der Waals surface area contributed by atoms with Crippen LogP contribution < -0.4 is 10.6 Å². The molecule has 0 bridgehead atoms. The Bertz CT molecular complexity index is 578. The zero-order valence-electron chi connectivity index (χ0n) is 12.1. The first kappa shape index (κ1) is 15.0. The summed E-state index contributed by atoms with van der Waals surface area (Å²) in [7, 11) is 3.52. The van der Waals surface area contributed by atoms with Crippen LogP contribution in [0.15, 0.2) is 22.9 Å². The first-order valence-electron chi connectivity index (χ1n) is 6.65. The summed E-state index contributed by atoms with van der Waals surface area (Å²) < 4.78 is 11.9. The molecule has 2 N–H and O–H groups in total. The molecule has 8 nitrogen and oxygen atoms in total. The second-order valence-electron chi connectivity index (χ2n) is 4.47. The molecule has 0 aromatic carbocycles. The van der Waals surface area contributed by atoms with E-state index in [9.17, 15) is 4.79 Å². The maximum Gasteiger partial charge on any atom is 0.315 e. The van der Waals surface area contributed by atoms with E-state index >= 15 is 0 Å². The highest BCUT2D eigenvalue weighted by Gasteiger charge is 2.11. The normalized spacial score (nSPS) is 10.6. The standard InChI is InChI=1S/C13H19N5O3/c1-18-7-3-5-10(18)12-16-11(21-17-12)9-15-13(19)14-6-4-8-20-2/h3,5,7H,4,6,8-9H2,1-2H3,(H2,14,15,19). The molecular formula is C13H19N5O3. The molecule has 0 fully saturated rings. The van der Waals surface area contributed by atoms with Crippen molar-refractivity contribution in [3.8, 4) is 11.5 Å². The summed E-state index contributed by atoms with van der Waals surface area (Å²) in [5.74, 6) is 0.859. The number of ether oxygens (including phenoxy) is 1. The average Bonchev–Trinajstić information content (AvgIpc) is 3.10. The van der Waals surface area contributed by atoms with Crippen molar-refractivity contribution in [2.45, 2.75) is 13.0 Å². The van der Waals surface area contributed by atoms with Gasteiger partial charge in [0.05, 0.1) is 12.2 Å². The number of nitrogens with one attached hydrogen (secondary N) is 2. The Morgan fingerprint density at radius 1 is 1.48 bits per heavy atom. The van der Waals surface area contributed by atoms with Crippen molar-refractivity contribution in [1.82, 2.24) is 25.3 Å². The van der Waals surface area contributed by atoms with Crippen molar-refractivity contribution in [2.24, 2.45) is 7.05 Å². The van der Waals surface area contributed by atoms with Crippen LogP contribution >= 0.6 is 0 Å². The number of carbonyl (C=O) groups excluding carboxylic acids is 1.